The summed E-state index contributed by atoms with van der Waals surface area (Å²) in [5, 5.41) is 13.3. The van der Waals surface area contributed by atoms with Crippen LogP contribution in [0, 0.1) is 11.3 Å². The Morgan fingerprint density at radius 3 is 3.00 bits per heavy atom. The molecule has 2 aromatic heterocycles. The molecule has 1 N–H and O–H groups in total. The highest BCUT2D eigenvalue weighted by atomic mass is 15.0. The van der Waals surface area contributed by atoms with Crippen molar-refractivity contribution in [2.45, 2.75) is 52.2 Å². The largest absolute Gasteiger partial charge is 0.332 e. The van der Waals surface area contributed by atoms with Crippen molar-refractivity contribution in [2.75, 3.05) is 0 Å². The number of nitriles is 1. The molecule has 0 bridgehead atoms. The lowest BCUT2D eigenvalue weighted by atomic mass is 10.2. The second-order valence-electron chi connectivity index (χ2n) is 5.37. The van der Waals surface area contributed by atoms with Gasteiger partial charge in [0.1, 0.15) is 5.65 Å². The first-order valence-corrected chi connectivity index (χ1v) is 7.25. The topological polar surface area (TPSA) is 53.6 Å². The fourth-order valence-corrected chi connectivity index (χ4v) is 2.31. The Labute approximate surface area is 120 Å². The highest BCUT2D eigenvalue weighted by molar-refractivity contribution is 5.80. The Bertz CT molecular complexity index is 592. The monoisotopic (exact) mass is 270 g/mol. The van der Waals surface area contributed by atoms with E-state index >= 15 is 0 Å². The molecular formula is C16H22N4. The molecule has 2 heterocycles. The summed E-state index contributed by atoms with van der Waals surface area (Å²) in [5.74, 6) is 0. The molecule has 0 saturated heterocycles. The van der Waals surface area contributed by atoms with E-state index in [4.69, 9.17) is 5.26 Å². The van der Waals surface area contributed by atoms with E-state index in [2.05, 4.69) is 47.0 Å². The fourth-order valence-electron chi connectivity index (χ4n) is 2.31. The zero-order chi connectivity index (χ0) is 14.4. The van der Waals surface area contributed by atoms with Crippen molar-refractivity contribution in [2.24, 2.45) is 0 Å². The molecule has 0 fully saturated rings. The van der Waals surface area contributed by atoms with Gasteiger partial charge in [0.15, 0.2) is 0 Å². The molecule has 0 unspecified atom stereocenters. The number of fused-ring (bicyclic) bond motifs is 1. The minimum absolute atomic E-state index is 0.473. The molecule has 0 aliphatic heterocycles. The van der Waals surface area contributed by atoms with Crippen LogP contribution in [-0.4, -0.2) is 15.6 Å². The van der Waals surface area contributed by atoms with Gasteiger partial charge < -0.3 is 9.88 Å². The number of rotatable bonds is 7. The van der Waals surface area contributed by atoms with Gasteiger partial charge in [-0.15, -0.1) is 0 Å². The number of hydrogen-bond acceptors (Lipinski definition) is 3. The second kappa shape index (κ2) is 7.06. The summed E-state index contributed by atoms with van der Waals surface area (Å²) in [6.07, 6.45) is 6.63. The Morgan fingerprint density at radius 1 is 1.40 bits per heavy atom. The van der Waals surface area contributed by atoms with Crippen LogP contribution < -0.4 is 5.32 Å². The Hall–Kier alpha value is -1.86. The molecule has 0 aliphatic rings. The predicted molar refractivity (Wildman–Crippen MR) is 81.2 cm³/mol. The van der Waals surface area contributed by atoms with Crippen LogP contribution >= 0.6 is 0 Å². The van der Waals surface area contributed by atoms with Gasteiger partial charge in [-0.25, -0.2) is 4.98 Å². The summed E-state index contributed by atoms with van der Waals surface area (Å²) in [6.45, 7) is 6.10. The van der Waals surface area contributed by atoms with Crippen molar-refractivity contribution in [1.29, 1.82) is 5.26 Å². The van der Waals surface area contributed by atoms with Crippen LogP contribution in [0.15, 0.2) is 24.5 Å². The van der Waals surface area contributed by atoms with Gasteiger partial charge in [0.05, 0.1) is 6.07 Å². The van der Waals surface area contributed by atoms with Gasteiger partial charge >= 0.3 is 0 Å². The molecule has 0 aliphatic carbocycles. The van der Waals surface area contributed by atoms with Crippen LogP contribution in [0.2, 0.25) is 0 Å². The molecule has 2 aromatic rings. The Morgan fingerprint density at radius 2 is 2.25 bits per heavy atom. The second-order valence-corrected chi connectivity index (χ2v) is 5.37. The fraction of sp³-hybridized carbons (Fsp3) is 0.500. The van der Waals surface area contributed by atoms with Crippen molar-refractivity contribution >= 4 is 11.0 Å². The predicted octanol–water partition coefficient (Wildman–Crippen LogP) is 3.23. The van der Waals surface area contributed by atoms with Crippen LogP contribution in [0.3, 0.4) is 0 Å². The molecule has 20 heavy (non-hydrogen) atoms. The first kappa shape index (κ1) is 14.5. The maximum Gasteiger partial charge on any atom is 0.140 e. The maximum atomic E-state index is 8.58. The maximum absolute atomic E-state index is 8.58. The normalized spacial score (nSPS) is 11.1. The number of nitrogens with zero attached hydrogens (tertiary/aromatic N) is 3. The van der Waals surface area contributed by atoms with Crippen LogP contribution in [0.4, 0.5) is 0 Å². The number of hydrogen-bond donors (Lipinski definition) is 1. The zero-order valence-corrected chi connectivity index (χ0v) is 12.3. The first-order chi connectivity index (χ1) is 9.72. The number of aryl methyl sites for hydroxylation is 1. The quantitative estimate of drug-likeness (QED) is 0.786. The number of nitrogens with one attached hydrogen (secondary N) is 1. The number of pyridine rings is 1. The molecule has 0 atom stereocenters. The summed E-state index contributed by atoms with van der Waals surface area (Å²) in [4.78, 5) is 4.50. The van der Waals surface area contributed by atoms with Crippen molar-refractivity contribution in [3.8, 4) is 6.07 Å². The van der Waals surface area contributed by atoms with Gasteiger partial charge in [0.2, 0.25) is 0 Å². The van der Waals surface area contributed by atoms with Gasteiger partial charge in [0.25, 0.3) is 0 Å². The van der Waals surface area contributed by atoms with Gasteiger partial charge in [-0.2, -0.15) is 5.26 Å². The average molecular weight is 270 g/mol. The van der Waals surface area contributed by atoms with Crippen LogP contribution in [0.5, 0.6) is 0 Å². The van der Waals surface area contributed by atoms with E-state index < -0.39 is 0 Å². The van der Waals surface area contributed by atoms with Gasteiger partial charge in [-0.1, -0.05) is 13.8 Å². The molecule has 4 nitrogen and oxygen atoms in total. The molecule has 4 heteroatoms. The van der Waals surface area contributed by atoms with Crippen molar-refractivity contribution in [3.63, 3.8) is 0 Å². The van der Waals surface area contributed by atoms with E-state index in [0.717, 1.165) is 31.6 Å². The molecule has 0 radical (unpaired) electrons. The Kier molecular flexibility index (Phi) is 5.14. The minimum atomic E-state index is 0.473. The highest BCUT2D eigenvalue weighted by Gasteiger charge is 2.09. The van der Waals surface area contributed by atoms with E-state index in [1.165, 1.54) is 10.9 Å². The van der Waals surface area contributed by atoms with E-state index in [0.29, 0.717) is 12.5 Å². The zero-order valence-electron chi connectivity index (χ0n) is 12.3. The lowest BCUT2D eigenvalue weighted by Gasteiger charge is -2.06. The van der Waals surface area contributed by atoms with Crippen molar-refractivity contribution in [3.05, 3.63) is 30.1 Å². The summed E-state index contributed by atoms with van der Waals surface area (Å²) in [5.41, 5.74) is 2.34. The standard InChI is InChI=1S/C16H22N4/c1-13(2)19-11-14-12-20(10-5-3-4-8-17)16-15(14)7-6-9-18-16/h6-7,9,12-13,19H,3-5,10-11H2,1-2H3. The third-order valence-electron chi connectivity index (χ3n) is 3.35. The van der Waals surface area contributed by atoms with E-state index in [-0.39, 0.29) is 0 Å². The average Bonchev–Trinajstić information content (AvgIpc) is 2.80. The van der Waals surface area contributed by atoms with Crippen LogP contribution in [0.25, 0.3) is 11.0 Å². The van der Waals surface area contributed by atoms with Crippen molar-refractivity contribution in [1.82, 2.24) is 14.9 Å². The molecule has 0 spiro atoms. The van der Waals surface area contributed by atoms with Crippen LogP contribution in [-0.2, 0) is 13.1 Å². The molecule has 106 valence electrons. The Balaban J connectivity index is 2.15. The van der Waals surface area contributed by atoms with Crippen LogP contribution in [0.1, 0.15) is 38.7 Å². The molecule has 2 rings (SSSR count). The van der Waals surface area contributed by atoms with Gasteiger partial charge in [0, 0.05) is 43.3 Å². The third-order valence-corrected chi connectivity index (χ3v) is 3.35. The van der Waals surface area contributed by atoms with E-state index in [1.807, 2.05) is 12.3 Å². The summed E-state index contributed by atoms with van der Waals surface area (Å²) in [7, 11) is 0. The highest BCUT2D eigenvalue weighted by Crippen LogP contribution is 2.20. The van der Waals surface area contributed by atoms with Gasteiger partial charge in [-0.3, -0.25) is 0 Å². The third kappa shape index (κ3) is 3.58. The molecule has 0 amide bonds. The smallest absolute Gasteiger partial charge is 0.140 e. The van der Waals surface area contributed by atoms with E-state index in [1.54, 1.807) is 0 Å². The molecular weight excluding hydrogens is 248 g/mol. The summed E-state index contributed by atoms with van der Waals surface area (Å²) < 4.78 is 2.21. The summed E-state index contributed by atoms with van der Waals surface area (Å²) >= 11 is 0. The first-order valence-electron chi connectivity index (χ1n) is 7.25. The lowest BCUT2D eigenvalue weighted by molar-refractivity contribution is 0.586. The molecule has 0 saturated carbocycles. The minimum Gasteiger partial charge on any atom is -0.332 e. The molecule has 0 aromatic carbocycles. The SMILES string of the molecule is CC(C)NCc1cn(CCCCC#N)c2ncccc12. The summed E-state index contributed by atoms with van der Waals surface area (Å²) in [6, 6.07) is 6.78. The van der Waals surface area contributed by atoms with E-state index in [9.17, 15) is 0 Å². The number of unbranched alkanes of at least 4 members (excludes halogenated alkanes) is 2. The number of aromatic nitrogens is 2. The van der Waals surface area contributed by atoms with Gasteiger partial charge in [-0.05, 0) is 30.5 Å². The van der Waals surface area contributed by atoms with Crippen molar-refractivity contribution < 1.29 is 0 Å². The lowest BCUT2D eigenvalue weighted by Crippen LogP contribution is -2.21.